The molecule has 0 atom stereocenters. The fraction of sp³-hybridized carbons (Fsp3) is 0.348. The summed E-state index contributed by atoms with van der Waals surface area (Å²) in [7, 11) is 0. The molecule has 6 heteroatoms. The largest absolute Gasteiger partial charge is 0.460 e. The number of para-hydroxylation sites is 1. The van der Waals surface area contributed by atoms with Gasteiger partial charge >= 0.3 is 5.97 Å². The van der Waals surface area contributed by atoms with Crippen molar-refractivity contribution in [1.82, 2.24) is 9.97 Å². The number of carbonyl (C=O) groups is 1. The fourth-order valence-corrected chi connectivity index (χ4v) is 3.91. The predicted octanol–water partition coefficient (Wildman–Crippen LogP) is 3.75. The Morgan fingerprint density at radius 1 is 1.00 bits per heavy atom. The van der Waals surface area contributed by atoms with E-state index in [9.17, 15) is 4.79 Å². The Morgan fingerprint density at radius 3 is 2.45 bits per heavy atom. The average Bonchev–Trinajstić information content (AvgIpc) is 2.73. The summed E-state index contributed by atoms with van der Waals surface area (Å²) in [5.41, 5.74) is 4.63. The van der Waals surface area contributed by atoms with Crippen molar-refractivity contribution < 1.29 is 9.53 Å². The first-order valence-electron chi connectivity index (χ1n) is 10.1. The van der Waals surface area contributed by atoms with Gasteiger partial charge < -0.3 is 14.5 Å². The number of fused-ring (bicyclic) bond motifs is 1. The first kappa shape index (κ1) is 19.2. The second-order valence-electron chi connectivity index (χ2n) is 7.37. The molecule has 0 bridgehead atoms. The van der Waals surface area contributed by atoms with Crippen molar-refractivity contribution >= 4 is 28.4 Å². The van der Waals surface area contributed by atoms with Gasteiger partial charge in [0.05, 0.1) is 12.1 Å². The topological polar surface area (TPSA) is 58.6 Å². The molecule has 0 saturated carbocycles. The minimum absolute atomic E-state index is 0.123. The molecule has 2 aromatic carbocycles. The molecule has 1 aliphatic rings. The predicted molar refractivity (Wildman–Crippen MR) is 116 cm³/mol. The van der Waals surface area contributed by atoms with E-state index in [1.165, 1.54) is 16.8 Å². The zero-order chi connectivity index (χ0) is 20.4. The Bertz CT molecular complexity index is 1040. The lowest BCUT2D eigenvalue weighted by atomic mass is 10.1. The molecule has 0 aliphatic carbocycles. The van der Waals surface area contributed by atoms with E-state index >= 15 is 0 Å². The van der Waals surface area contributed by atoms with Crippen molar-refractivity contribution in [1.29, 1.82) is 0 Å². The molecule has 2 heterocycles. The van der Waals surface area contributed by atoms with Gasteiger partial charge in [0.1, 0.15) is 5.82 Å². The highest BCUT2D eigenvalue weighted by Crippen LogP contribution is 2.27. The number of esters is 1. The fourth-order valence-electron chi connectivity index (χ4n) is 3.91. The Balaban J connectivity index is 1.61. The quantitative estimate of drug-likeness (QED) is 0.633. The van der Waals surface area contributed by atoms with Gasteiger partial charge in [-0.25, -0.2) is 14.8 Å². The summed E-state index contributed by atoms with van der Waals surface area (Å²) < 4.78 is 5.13. The lowest BCUT2D eigenvalue weighted by molar-refractivity contribution is 0.0512. The number of hydrogen-bond acceptors (Lipinski definition) is 6. The maximum Gasteiger partial charge on any atom is 0.376 e. The van der Waals surface area contributed by atoms with Crippen LogP contribution in [-0.4, -0.2) is 48.7 Å². The summed E-state index contributed by atoms with van der Waals surface area (Å²) in [5.74, 6) is 0.449. The molecule has 29 heavy (non-hydrogen) atoms. The van der Waals surface area contributed by atoms with Crippen LogP contribution in [0, 0.1) is 13.8 Å². The Labute approximate surface area is 171 Å². The molecule has 1 aliphatic heterocycles. The zero-order valence-corrected chi connectivity index (χ0v) is 17.2. The van der Waals surface area contributed by atoms with Gasteiger partial charge in [0.2, 0.25) is 5.82 Å². The highest BCUT2D eigenvalue weighted by Gasteiger charge is 2.23. The van der Waals surface area contributed by atoms with E-state index in [0.717, 1.165) is 42.9 Å². The first-order valence-corrected chi connectivity index (χ1v) is 10.1. The van der Waals surface area contributed by atoms with Crippen LogP contribution in [0.5, 0.6) is 0 Å². The van der Waals surface area contributed by atoms with Crippen molar-refractivity contribution in [2.45, 2.75) is 20.8 Å². The Morgan fingerprint density at radius 2 is 1.72 bits per heavy atom. The van der Waals surface area contributed by atoms with Crippen LogP contribution in [0.4, 0.5) is 11.5 Å². The highest BCUT2D eigenvalue weighted by molar-refractivity contribution is 5.94. The van der Waals surface area contributed by atoms with Crippen LogP contribution in [0.1, 0.15) is 28.7 Å². The average molecular weight is 390 g/mol. The SMILES string of the molecule is CCOC(=O)c1nc(N2CCN(c3ccc(C)cc3C)CC2)c2ccccc2n1. The molecule has 1 aromatic heterocycles. The monoisotopic (exact) mass is 390 g/mol. The highest BCUT2D eigenvalue weighted by atomic mass is 16.5. The van der Waals surface area contributed by atoms with Gasteiger partial charge in [0, 0.05) is 37.3 Å². The van der Waals surface area contributed by atoms with Crippen molar-refractivity contribution in [2.75, 3.05) is 42.6 Å². The zero-order valence-electron chi connectivity index (χ0n) is 17.2. The number of carbonyl (C=O) groups excluding carboxylic acids is 1. The van der Waals surface area contributed by atoms with E-state index < -0.39 is 5.97 Å². The van der Waals surface area contributed by atoms with Crippen molar-refractivity contribution in [3.8, 4) is 0 Å². The maximum absolute atomic E-state index is 12.3. The maximum atomic E-state index is 12.3. The molecule has 3 aromatic rings. The smallest absolute Gasteiger partial charge is 0.376 e. The Hall–Kier alpha value is -3.15. The molecule has 0 N–H and O–H groups in total. The van der Waals surface area contributed by atoms with Gasteiger partial charge in [-0.2, -0.15) is 0 Å². The van der Waals surface area contributed by atoms with Crippen LogP contribution in [-0.2, 0) is 4.74 Å². The van der Waals surface area contributed by atoms with Crippen LogP contribution in [0.2, 0.25) is 0 Å². The summed E-state index contributed by atoms with van der Waals surface area (Å²) in [4.78, 5) is 25.9. The third-order valence-corrected chi connectivity index (χ3v) is 5.31. The van der Waals surface area contributed by atoms with Crippen LogP contribution in [0.15, 0.2) is 42.5 Å². The summed E-state index contributed by atoms with van der Waals surface area (Å²) >= 11 is 0. The lowest BCUT2D eigenvalue weighted by Gasteiger charge is -2.37. The van der Waals surface area contributed by atoms with Crippen molar-refractivity contribution in [3.63, 3.8) is 0 Å². The number of ether oxygens (including phenoxy) is 1. The molecule has 1 fully saturated rings. The number of hydrogen-bond donors (Lipinski definition) is 0. The Kier molecular flexibility index (Phi) is 5.34. The van der Waals surface area contributed by atoms with Crippen LogP contribution in [0.3, 0.4) is 0 Å². The molecular formula is C23H26N4O2. The molecule has 0 radical (unpaired) electrons. The summed E-state index contributed by atoms with van der Waals surface area (Å²) in [5, 5.41) is 0.959. The minimum Gasteiger partial charge on any atom is -0.460 e. The number of aryl methyl sites for hydroxylation is 2. The minimum atomic E-state index is -0.478. The van der Waals surface area contributed by atoms with Crippen LogP contribution < -0.4 is 9.80 Å². The molecular weight excluding hydrogens is 364 g/mol. The van der Waals surface area contributed by atoms with Gasteiger partial charge in [-0.1, -0.05) is 29.8 Å². The second-order valence-corrected chi connectivity index (χ2v) is 7.37. The van der Waals surface area contributed by atoms with Gasteiger partial charge in [0.15, 0.2) is 0 Å². The van der Waals surface area contributed by atoms with E-state index in [4.69, 9.17) is 4.74 Å². The summed E-state index contributed by atoms with van der Waals surface area (Å²) in [6.07, 6.45) is 0. The van der Waals surface area contributed by atoms with Crippen LogP contribution in [0.25, 0.3) is 10.9 Å². The number of aromatic nitrogens is 2. The van der Waals surface area contributed by atoms with E-state index in [-0.39, 0.29) is 5.82 Å². The first-order chi connectivity index (χ1) is 14.1. The number of benzene rings is 2. The summed E-state index contributed by atoms with van der Waals surface area (Å²) in [6.45, 7) is 9.83. The molecule has 1 saturated heterocycles. The van der Waals surface area contributed by atoms with E-state index in [0.29, 0.717) is 6.61 Å². The van der Waals surface area contributed by atoms with Crippen molar-refractivity contribution in [2.24, 2.45) is 0 Å². The molecule has 0 amide bonds. The standard InChI is InChI=1S/C23H26N4O2/c1-4-29-23(28)21-24-19-8-6-5-7-18(19)22(25-21)27-13-11-26(12-14-27)20-10-9-16(2)15-17(20)3/h5-10,15H,4,11-14H2,1-3H3. The molecule has 0 spiro atoms. The van der Waals surface area contributed by atoms with Gasteiger partial charge in [-0.3, -0.25) is 0 Å². The normalized spacial score (nSPS) is 14.3. The number of rotatable bonds is 4. The second kappa shape index (κ2) is 8.07. The van der Waals surface area contributed by atoms with Gasteiger partial charge in [-0.15, -0.1) is 0 Å². The van der Waals surface area contributed by atoms with Gasteiger partial charge in [0.25, 0.3) is 0 Å². The molecule has 4 rings (SSSR count). The van der Waals surface area contributed by atoms with Crippen LogP contribution >= 0.6 is 0 Å². The van der Waals surface area contributed by atoms with Crippen molar-refractivity contribution in [3.05, 3.63) is 59.4 Å². The molecule has 0 unspecified atom stereocenters. The summed E-state index contributed by atoms with van der Waals surface area (Å²) in [6, 6.07) is 14.4. The van der Waals surface area contributed by atoms with Gasteiger partial charge in [-0.05, 0) is 44.5 Å². The lowest BCUT2D eigenvalue weighted by Crippen LogP contribution is -2.47. The number of piperazine rings is 1. The third-order valence-electron chi connectivity index (χ3n) is 5.31. The molecule has 150 valence electrons. The number of nitrogens with zero attached hydrogens (tertiary/aromatic N) is 4. The third kappa shape index (κ3) is 3.88. The molecule has 6 nitrogen and oxygen atoms in total. The van der Waals surface area contributed by atoms with E-state index in [2.05, 4.69) is 51.8 Å². The van der Waals surface area contributed by atoms with E-state index in [1.54, 1.807) is 6.92 Å². The number of anilines is 2. The van der Waals surface area contributed by atoms with E-state index in [1.807, 2.05) is 24.3 Å².